The van der Waals surface area contributed by atoms with Gasteiger partial charge in [-0.3, -0.25) is 4.79 Å². The van der Waals surface area contributed by atoms with Crippen molar-refractivity contribution in [3.63, 3.8) is 0 Å². The first-order valence-electron chi connectivity index (χ1n) is 6.28. The average Bonchev–Trinajstić information content (AvgIpc) is 2.85. The molecule has 2 aromatic rings. The van der Waals surface area contributed by atoms with Crippen LogP contribution >= 0.6 is 11.3 Å². The number of hydrogen-bond acceptors (Lipinski definition) is 4. The van der Waals surface area contributed by atoms with E-state index in [9.17, 15) is 9.59 Å². The predicted octanol–water partition coefficient (Wildman–Crippen LogP) is 4.18. The second-order valence-electron chi connectivity index (χ2n) is 5.37. The fraction of sp³-hybridized carbons (Fsp3) is 0.250. The fourth-order valence-corrected chi connectivity index (χ4v) is 2.63. The van der Waals surface area contributed by atoms with Crippen LogP contribution in [-0.2, 0) is 4.74 Å². The van der Waals surface area contributed by atoms with Gasteiger partial charge in [0.15, 0.2) is 6.29 Å². The quantitative estimate of drug-likeness (QED) is 0.628. The highest BCUT2D eigenvalue weighted by Crippen LogP contribution is 2.31. The lowest BCUT2D eigenvalue weighted by Crippen LogP contribution is -2.24. The van der Waals surface area contributed by atoms with Crippen LogP contribution < -0.4 is 0 Å². The topological polar surface area (TPSA) is 43.4 Å². The van der Waals surface area contributed by atoms with Crippen LogP contribution in [-0.4, -0.2) is 17.9 Å². The number of rotatable bonds is 3. The minimum absolute atomic E-state index is 0.353. The van der Waals surface area contributed by atoms with Crippen molar-refractivity contribution in [1.29, 1.82) is 0 Å². The minimum atomic E-state index is -0.534. The average molecular weight is 288 g/mol. The summed E-state index contributed by atoms with van der Waals surface area (Å²) in [4.78, 5) is 24.5. The summed E-state index contributed by atoms with van der Waals surface area (Å²) in [7, 11) is 0. The highest BCUT2D eigenvalue weighted by atomic mass is 32.1. The molecule has 2 rings (SSSR count). The van der Waals surface area contributed by atoms with Gasteiger partial charge in [0.05, 0.1) is 10.4 Å². The predicted molar refractivity (Wildman–Crippen MR) is 80.3 cm³/mol. The first-order chi connectivity index (χ1) is 9.40. The normalized spacial score (nSPS) is 11.2. The van der Waals surface area contributed by atoms with Gasteiger partial charge in [0.2, 0.25) is 0 Å². The van der Waals surface area contributed by atoms with Gasteiger partial charge in [0.1, 0.15) is 5.60 Å². The van der Waals surface area contributed by atoms with Gasteiger partial charge in [0, 0.05) is 10.4 Å². The Labute approximate surface area is 122 Å². The molecule has 0 spiro atoms. The van der Waals surface area contributed by atoms with E-state index in [0.717, 1.165) is 16.7 Å². The molecule has 3 nitrogen and oxygen atoms in total. The zero-order valence-electron chi connectivity index (χ0n) is 11.7. The first-order valence-corrected chi connectivity index (χ1v) is 7.10. The van der Waals surface area contributed by atoms with Crippen LogP contribution in [0.3, 0.4) is 0 Å². The van der Waals surface area contributed by atoms with Crippen molar-refractivity contribution in [3.8, 4) is 10.4 Å². The monoisotopic (exact) mass is 288 g/mol. The SMILES string of the molecule is CC(C)(C)OC(=O)c1ccccc1-c1ccc(C=O)s1. The fourth-order valence-electron chi connectivity index (χ4n) is 1.77. The number of benzene rings is 1. The molecule has 0 atom stereocenters. The summed E-state index contributed by atoms with van der Waals surface area (Å²) in [5.41, 5.74) is 0.773. The highest BCUT2D eigenvalue weighted by Gasteiger charge is 2.21. The van der Waals surface area contributed by atoms with E-state index >= 15 is 0 Å². The zero-order valence-corrected chi connectivity index (χ0v) is 12.5. The second-order valence-corrected chi connectivity index (χ2v) is 6.48. The number of ether oxygens (including phenoxy) is 1. The molecule has 0 amide bonds. The van der Waals surface area contributed by atoms with Crippen LogP contribution in [0.25, 0.3) is 10.4 Å². The van der Waals surface area contributed by atoms with E-state index < -0.39 is 5.60 Å². The van der Waals surface area contributed by atoms with Gasteiger partial charge in [-0.2, -0.15) is 0 Å². The van der Waals surface area contributed by atoms with Crippen molar-refractivity contribution >= 4 is 23.6 Å². The maximum absolute atomic E-state index is 12.2. The lowest BCUT2D eigenvalue weighted by molar-refractivity contribution is 0.00704. The number of esters is 1. The van der Waals surface area contributed by atoms with Crippen LogP contribution in [0.4, 0.5) is 0 Å². The number of aldehydes is 1. The minimum Gasteiger partial charge on any atom is -0.456 e. The van der Waals surface area contributed by atoms with Crippen LogP contribution in [0.2, 0.25) is 0 Å². The smallest absolute Gasteiger partial charge is 0.339 e. The lowest BCUT2D eigenvalue weighted by Gasteiger charge is -2.20. The van der Waals surface area contributed by atoms with Gasteiger partial charge in [-0.1, -0.05) is 18.2 Å². The number of hydrogen-bond donors (Lipinski definition) is 0. The Morgan fingerprint density at radius 2 is 1.85 bits per heavy atom. The molecule has 0 aliphatic heterocycles. The molecule has 20 heavy (non-hydrogen) atoms. The summed E-state index contributed by atoms with van der Waals surface area (Å²) in [6.07, 6.45) is 0.810. The van der Waals surface area contributed by atoms with Gasteiger partial charge < -0.3 is 4.74 Å². The summed E-state index contributed by atoms with van der Waals surface area (Å²) in [5, 5.41) is 0. The molecule has 0 N–H and O–H groups in total. The Bertz CT molecular complexity index is 635. The molecule has 1 aromatic heterocycles. The second kappa shape index (κ2) is 5.59. The van der Waals surface area contributed by atoms with Gasteiger partial charge in [-0.25, -0.2) is 4.79 Å². The molecular weight excluding hydrogens is 272 g/mol. The molecule has 0 saturated carbocycles. The van der Waals surface area contributed by atoms with Crippen molar-refractivity contribution in [1.82, 2.24) is 0 Å². The Kier molecular flexibility index (Phi) is 4.04. The third kappa shape index (κ3) is 3.33. The van der Waals surface area contributed by atoms with E-state index in [-0.39, 0.29) is 5.97 Å². The largest absolute Gasteiger partial charge is 0.456 e. The molecule has 1 aromatic carbocycles. The molecule has 0 saturated heterocycles. The molecule has 0 fully saturated rings. The van der Waals surface area contributed by atoms with E-state index in [4.69, 9.17) is 4.74 Å². The summed E-state index contributed by atoms with van der Waals surface area (Å²) in [6, 6.07) is 10.9. The van der Waals surface area contributed by atoms with Gasteiger partial charge in [0.25, 0.3) is 0 Å². The summed E-state index contributed by atoms with van der Waals surface area (Å²) >= 11 is 1.36. The third-order valence-corrected chi connectivity index (χ3v) is 3.60. The van der Waals surface area contributed by atoms with Crippen LogP contribution in [0.5, 0.6) is 0 Å². The molecule has 0 radical (unpaired) electrons. The van der Waals surface area contributed by atoms with E-state index in [1.165, 1.54) is 11.3 Å². The molecule has 0 bridgehead atoms. The molecule has 1 heterocycles. The van der Waals surface area contributed by atoms with E-state index in [0.29, 0.717) is 10.4 Å². The summed E-state index contributed by atoms with van der Waals surface area (Å²) in [6.45, 7) is 5.51. The standard InChI is InChI=1S/C16H16O3S/c1-16(2,3)19-15(18)13-7-5-4-6-12(13)14-9-8-11(10-17)20-14/h4-10H,1-3H3. The van der Waals surface area contributed by atoms with Gasteiger partial charge in [-0.15, -0.1) is 11.3 Å². The Hall–Kier alpha value is -1.94. The molecule has 0 aliphatic carbocycles. The zero-order chi connectivity index (χ0) is 14.8. The Morgan fingerprint density at radius 3 is 2.45 bits per heavy atom. The molecule has 0 aliphatic rings. The first kappa shape index (κ1) is 14.5. The molecule has 0 unspecified atom stereocenters. The Morgan fingerprint density at radius 1 is 1.15 bits per heavy atom. The third-order valence-electron chi connectivity index (χ3n) is 2.55. The van der Waals surface area contributed by atoms with Crippen molar-refractivity contribution in [3.05, 3.63) is 46.8 Å². The van der Waals surface area contributed by atoms with Gasteiger partial charge >= 0.3 is 5.97 Å². The van der Waals surface area contributed by atoms with E-state index in [2.05, 4.69) is 0 Å². The number of carbonyl (C=O) groups excluding carboxylic acids is 2. The van der Waals surface area contributed by atoms with E-state index in [1.54, 1.807) is 18.2 Å². The number of thiophene rings is 1. The highest BCUT2D eigenvalue weighted by molar-refractivity contribution is 7.17. The van der Waals surface area contributed by atoms with E-state index in [1.807, 2.05) is 39.0 Å². The molecule has 104 valence electrons. The summed E-state index contributed by atoms with van der Waals surface area (Å²) in [5.74, 6) is -0.353. The number of carbonyl (C=O) groups is 2. The van der Waals surface area contributed by atoms with Crippen LogP contribution in [0, 0.1) is 0 Å². The van der Waals surface area contributed by atoms with Crippen molar-refractivity contribution in [2.75, 3.05) is 0 Å². The van der Waals surface area contributed by atoms with Crippen LogP contribution in [0.15, 0.2) is 36.4 Å². The van der Waals surface area contributed by atoms with Crippen molar-refractivity contribution in [2.24, 2.45) is 0 Å². The lowest BCUT2D eigenvalue weighted by atomic mass is 10.1. The van der Waals surface area contributed by atoms with Crippen LogP contribution in [0.1, 0.15) is 40.8 Å². The van der Waals surface area contributed by atoms with Gasteiger partial charge in [-0.05, 0) is 39.0 Å². The van der Waals surface area contributed by atoms with Crippen molar-refractivity contribution in [2.45, 2.75) is 26.4 Å². The Balaban J connectivity index is 2.40. The maximum atomic E-state index is 12.2. The van der Waals surface area contributed by atoms with Crippen molar-refractivity contribution < 1.29 is 14.3 Å². The summed E-state index contributed by atoms with van der Waals surface area (Å²) < 4.78 is 5.42. The maximum Gasteiger partial charge on any atom is 0.339 e. The molecular formula is C16H16O3S. The molecule has 4 heteroatoms.